The monoisotopic (exact) mass is 292 g/mol. The Hall–Kier alpha value is -1.13. The zero-order valence-corrected chi connectivity index (χ0v) is 13.4. The number of benzene rings is 1. The first-order valence-corrected chi connectivity index (χ1v) is 7.93. The van der Waals surface area contributed by atoms with Crippen molar-refractivity contribution >= 4 is 17.3 Å². The molecule has 20 heavy (non-hydrogen) atoms. The molecule has 0 aliphatic carbocycles. The summed E-state index contributed by atoms with van der Waals surface area (Å²) in [7, 11) is 4.40. The topological polar surface area (TPSA) is 19.7 Å². The minimum Gasteiger partial charge on any atom is -0.362 e. The number of piperidine rings is 1. The Morgan fingerprint density at radius 2 is 1.95 bits per heavy atom. The Kier molecular flexibility index (Phi) is 5.80. The SMILES string of the molecule is CN(C(=S)NCCc1ccccc1)C1CC[NH+](C)CC1. The minimum atomic E-state index is 0.607. The maximum Gasteiger partial charge on any atom is 0.168 e. The summed E-state index contributed by atoms with van der Waals surface area (Å²) in [6.07, 6.45) is 3.50. The molecule has 1 aromatic carbocycles. The van der Waals surface area contributed by atoms with E-state index in [0.29, 0.717) is 6.04 Å². The number of likely N-dealkylation sites (tertiary alicyclic amines) is 1. The molecule has 1 aliphatic heterocycles. The van der Waals surface area contributed by atoms with Crippen LogP contribution >= 0.6 is 12.2 Å². The smallest absolute Gasteiger partial charge is 0.168 e. The maximum absolute atomic E-state index is 5.51. The molecule has 4 heteroatoms. The third kappa shape index (κ3) is 4.46. The fourth-order valence-electron chi connectivity index (χ4n) is 2.73. The van der Waals surface area contributed by atoms with Crippen molar-refractivity contribution in [3.8, 4) is 0 Å². The second-order valence-corrected chi connectivity index (χ2v) is 6.15. The molecule has 1 heterocycles. The molecule has 3 nitrogen and oxygen atoms in total. The molecule has 0 aromatic heterocycles. The number of hydrogen-bond donors (Lipinski definition) is 2. The summed E-state index contributed by atoms with van der Waals surface area (Å²) in [6, 6.07) is 11.1. The van der Waals surface area contributed by atoms with Crippen LogP contribution in [0.3, 0.4) is 0 Å². The van der Waals surface area contributed by atoms with Crippen LogP contribution in [0.1, 0.15) is 18.4 Å². The normalized spacial score (nSPS) is 22.3. The molecule has 0 atom stereocenters. The summed E-state index contributed by atoms with van der Waals surface area (Å²) < 4.78 is 0. The fraction of sp³-hybridized carbons (Fsp3) is 0.562. The van der Waals surface area contributed by atoms with Gasteiger partial charge in [0, 0.05) is 32.5 Å². The molecule has 1 saturated heterocycles. The molecule has 2 rings (SSSR count). The van der Waals surface area contributed by atoms with Gasteiger partial charge in [0.2, 0.25) is 0 Å². The van der Waals surface area contributed by atoms with Crippen LogP contribution in [0.2, 0.25) is 0 Å². The van der Waals surface area contributed by atoms with E-state index in [1.54, 1.807) is 4.90 Å². The highest BCUT2D eigenvalue weighted by Gasteiger charge is 2.24. The van der Waals surface area contributed by atoms with E-state index in [1.807, 2.05) is 0 Å². The van der Waals surface area contributed by atoms with Crippen LogP contribution in [0.5, 0.6) is 0 Å². The highest BCUT2D eigenvalue weighted by Crippen LogP contribution is 2.08. The molecule has 1 aromatic rings. The van der Waals surface area contributed by atoms with Crippen molar-refractivity contribution in [3.05, 3.63) is 35.9 Å². The predicted molar refractivity (Wildman–Crippen MR) is 88.2 cm³/mol. The van der Waals surface area contributed by atoms with Gasteiger partial charge in [-0.2, -0.15) is 0 Å². The lowest BCUT2D eigenvalue weighted by molar-refractivity contribution is -0.885. The van der Waals surface area contributed by atoms with Gasteiger partial charge in [-0.05, 0) is 24.2 Å². The van der Waals surface area contributed by atoms with E-state index >= 15 is 0 Å². The summed E-state index contributed by atoms with van der Waals surface area (Å²) in [5.41, 5.74) is 1.35. The van der Waals surface area contributed by atoms with E-state index in [1.165, 1.54) is 31.5 Å². The number of thiocarbonyl (C=S) groups is 1. The van der Waals surface area contributed by atoms with E-state index in [-0.39, 0.29) is 0 Å². The van der Waals surface area contributed by atoms with Crippen molar-refractivity contribution in [1.29, 1.82) is 0 Å². The second kappa shape index (κ2) is 7.60. The molecule has 0 unspecified atom stereocenters. The standard InChI is InChI=1S/C16H25N3S/c1-18-12-9-15(10-13-18)19(2)16(20)17-11-8-14-6-4-3-5-7-14/h3-7,15H,8-13H2,1-2H3,(H,17,20)/p+1. The number of hydrogen-bond acceptors (Lipinski definition) is 1. The molecule has 0 bridgehead atoms. The molecular formula is C16H26N3S+. The van der Waals surface area contributed by atoms with Crippen LogP contribution < -0.4 is 10.2 Å². The number of rotatable bonds is 4. The summed E-state index contributed by atoms with van der Waals surface area (Å²) in [5.74, 6) is 0. The zero-order valence-electron chi connectivity index (χ0n) is 12.6. The Morgan fingerprint density at radius 1 is 1.30 bits per heavy atom. The van der Waals surface area contributed by atoms with Crippen molar-refractivity contribution in [3.63, 3.8) is 0 Å². The molecule has 0 spiro atoms. The van der Waals surface area contributed by atoms with Crippen LogP contribution in [-0.2, 0) is 6.42 Å². The third-order valence-corrected chi connectivity index (χ3v) is 4.64. The van der Waals surface area contributed by atoms with Gasteiger partial charge in [0.15, 0.2) is 5.11 Å². The Balaban J connectivity index is 1.71. The highest BCUT2D eigenvalue weighted by molar-refractivity contribution is 7.80. The molecule has 1 fully saturated rings. The quantitative estimate of drug-likeness (QED) is 0.798. The van der Waals surface area contributed by atoms with Gasteiger partial charge < -0.3 is 15.1 Å². The van der Waals surface area contributed by atoms with E-state index in [9.17, 15) is 0 Å². The Morgan fingerprint density at radius 3 is 2.60 bits per heavy atom. The van der Waals surface area contributed by atoms with Gasteiger partial charge in [-0.1, -0.05) is 30.3 Å². The number of nitrogens with zero attached hydrogens (tertiary/aromatic N) is 1. The van der Waals surface area contributed by atoms with Crippen LogP contribution in [-0.4, -0.2) is 49.8 Å². The molecule has 2 N–H and O–H groups in total. The van der Waals surface area contributed by atoms with Crippen molar-refractivity contribution < 1.29 is 4.90 Å². The van der Waals surface area contributed by atoms with Crippen molar-refractivity contribution in [2.75, 3.05) is 33.7 Å². The van der Waals surface area contributed by atoms with Crippen molar-refractivity contribution in [2.45, 2.75) is 25.3 Å². The zero-order chi connectivity index (χ0) is 14.4. The first kappa shape index (κ1) is 15.3. The first-order chi connectivity index (χ1) is 9.66. The van der Waals surface area contributed by atoms with Gasteiger partial charge in [0.05, 0.1) is 20.1 Å². The average molecular weight is 292 g/mol. The van der Waals surface area contributed by atoms with Crippen LogP contribution in [0, 0.1) is 0 Å². The lowest BCUT2D eigenvalue weighted by Gasteiger charge is -2.34. The van der Waals surface area contributed by atoms with Crippen molar-refractivity contribution in [2.24, 2.45) is 0 Å². The Bertz CT molecular complexity index is 413. The van der Waals surface area contributed by atoms with Crippen molar-refractivity contribution in [1.82, 2.24) is 10.2 Å². The maximum atomic E-state index is 5.51. The average Bonchev–Trinajstić information content (AvgIpc) is 2.48. The first-order valence-electron chi connectivity index (χ1n) is 7.52. The number of nitrogens with one attached hydrogen (secondary N) is 2. The molecular weight excluding hydrogens is 266 g/mol. The van der Waals surface area contributed by atoms with Crippen LogP contribution in [0.4, 0.5) is 0 Å². The lowest BCUT2D eigenvalue weighted by Crippen LogP contribution is -3.10. The van der Waals surface area contributed by atoms with E-state index < -0.39 is 0 Å². The van der Waals surface area contributed by atoms with Crippen LogP contribution in [0.15, 0.2) is 30.3 Å². The van der Waals surface area contributed by atoms with Gasteiger partial charge in [-0.15, -0.1) is 0 Å². The summed E-state index contributed by atoms with van der Waals surface area (Å²) in [4.78, 5) is 3.89. The van der Waals surface area contributed by atoms with Gasteiger partial charge in [-0.25, -0.2) is 0 Å². The van der Waals surface area contributed by atoms with Gasteiger partial charge >= 0.3 is 0 Å². The van der Waals surface area contributed by atoms with Gasteiger partial charge in [-0.3, -0.25) is 0 Å². The largest absolute Gasteiger partial charge is 0.362 e. The molecule has 1 aliphatic rings. The Labute approximate surface area is 128 Å². The summed E-state index contributed by atoms with van der Waals surface area (Å²) in [5, 5.41) is 4.28. The van der Waals surface area contributed by atoms with E-state index in [4.69, 9.17) is 12.2 Å². The highest BCUT2D eigenvalue weighted by atomic mass is 32.1. The minimum absolute atomic E-state index is 0.607. The molecule has 110 valence electrons. The summed E-state index contributed by atoms with van der Waals surface area (Å²) >= 11 is 5.51. The van der Waals surface area contributed by atoms with Crippen LogP contribution in [0.25, 0.3) is 0 Å². The number of quaternary nitrogens is 1. The van der Waals surface area contributed by atoms with E-state index in [2.05, 4.69) is 54.6 Å². The summed E-state index contributed by atoms with van der Waals surface area (Å²) in [6.45, 7) is 3.41. The molecule has 0 amide bonds. The predicted octanol–water partition coefficient (Wildman–Crippen LogP) is 0.713. The van der Waals surface area contributed by atoms with Gasteiger partial charge in [0.25, 0.3) is 0 Å². The fourth-order valence-corrected chi connectivity index (χ4v) is 2.98. The van der Waals surface area contributed by atoms with E-state index in [0.717, 1.165) is 18.1 Å². The molecule has 0 saturated carbocycles. The lowest BCUT2D eigenvalue weighted by atomic mass is 10.0. The second-order valence-electron chi connectivity index (χ2n) is 5.77. The van der Waals surface area contributed by atoms with Gasteiger partial charge in [0.1, 0.15) is 0 Å². The third-order valence-electron chi connectivity index (χ3n) is 4.21. The molecule has 0 radical (unpaired) electrons.